The molecule has 1 N–H and O–H groups in total. The van der Waals surface area contributed by atoms with Crippen LogP contribution in [0.5, 0.6) is 5.75 Å². The van der Waals surface area contributed by atoms with Gasteiger partial charge in [0.15, 0.2) is 0 Å². The van der Waals surface area contributed by atoms with Gasteiger partial charge in [-0.05, 0) is 24.3 Å². The van der Waals surface area contributed by atoms with Gasteiger partial charge >= 0.3 is 0 Å². The lowest BCUT2D eigenvalue weighted by Gasteiger charge is -2.13. The van der Waals surface area contributed by atoms with Crippen LogP contribution in [0.3, 0.4) is 0 Å². The summed E-state index contributed by atoms with van der Waals surface area (Å²) in [5, 5.41) is 9.81. The summed E-state index contributed by atoms with van der Waals surface area (Å²) in [5.41, 5.74) is 1.26. The first-order valence-electron chi connectivity index (χ1n) is 5.24. The van der Waals surface area contributed by atoms with Crippen molar-refractivity contribution in [2.75, 3.05) is 0 Å². The molecule has 0 bridgehead atoms. The van der Waals surface area contributed by atoms with Crippen LogP contribution in [0.2, 0.25) is 0 Å². The fraction of sp³-hybridized carbons (Fsp3) is 0.0714. The van der Waals surface area contributed by atoms with Crippen molar-refractivity contribution in [3.8, 4) is 5.75 Å². The summed E-state index contributed by atoms with van der Waals surface area (Å²) in [7, 11) is 0. The molecule has 0 aliphatic heterocycles. The summed E-state index contributed by atoms with van der Waals surface area (Å²) < 4.78 is 5.34. The Kier molecular flexibility index (Phi) is 3.52. The number of aliphatic hydroxyl groups is 1. The summed E-state index contributed by atoms with van der Waals surface area (Å²) >= 11 is 0. The first kappa shape index (κ1) is 11.4. The highest BCUT2D eigenvalue weighted by Gasteiger charge is 2.07. The van der Waals surface area contributed by atoms with Gasteiger partial charge in [-0.2, -0.15) is 0 Å². The lowest BCUT2D eigenvalue weighted by Crippen LogP contribution is -2.05. The summed E-state index contributed by atoms with van der Waals surface area (Å²) in [4.78, 5) is 10.5. The number of ether oxygens (including phenoxy) is 1. The Bertz CT molecular complexity index is 477. The molecule has 2 aromatic carbocycles. The molecular weight excluding hydrogens is 216 g/mol. The number of hydrogen-bond acceptors (Lipinski definition) is 3. The van der Waals surface area contributed by atoms with Crippen molar-refractivity contribution in [3.63, 3.8) is 0 Å². The van der Waals surface area contributed by atoms with Crippen molar-refractivity contribution < 1.29 is 14.6 Å². The smallest absolute Gasteiger partial charge is 0.224 e. The van der Waals surface area contributed by atoms with Gasteiger partial charge < -0.3 is 9.84 Å². The lowest BCUT2D eigenvalue weighted by molar-refractivity contribution is -0.0194. The SMILES string of the molecule is O=Cc1ccc(OC(O)c2ccccc2)cc1. The monoisotopic (exact) mass is 228 g/mol. The fourth-order valence-electron chi connectivity index (χ4n) is 1.44. The van der Waals surface area contributed by atoms with Gasteiger partial charge in [0.25, 0.3) is 0 Å². The highest BCUT2D eigenvalue weighted by atomic mass is 16.6. The van der Waals surface area contributed by atoms with Crippen molar-refractivity contribution in [3.05, 3.63) is 65.7 Å². The predicted molar refractivity (Wildman–Crippen MR) is 63.9 cm³/mol. The van der Waals surface area contributed by atoms with E-state index in [1.54, 1.807) is 36.4 Å². The van der Waals surface area contributed by atoms with E-state index in [1.807, 2.05) is 18.2 Å². The van der Waals surface area contributed by atoms with Gasteiger partial charge in [-0.1, -0.05) is 30.3 Å². The third-order valence-corrected chi connectivity index (χ3v) is 2.35. The van der Waals surface area contributed by atoms with Crippen molar-refractivity contribution >= 4 is 6.29 Å². The van der Waals surface area contributed by atoms with Gasteiger partial charge in [-0.15, -0.1) is 0 Å². The molecule has 3 heteroatoms. The largest absolute Gasteiger partial charge is 0.461 e. The Morgan fingerprint density at radius 2 is 1.65 bits per heavy atom. The van der Waals surface area contributed by atoms with Crippen LogP contribution in [0, 0.1) is 0 Å². The zero-order valence-electron chi connectivity index (χ0n) is 9.11. The van der Waals surface area contributed by atoms with E-state index in [0.29, 0.717) is 16.9 Å². The van der Waals surface area contributed by atoms with Crippen LogP contribution < -0.4 is 4.74 Å². The van der Waals surface area contributed by atoms with Crippen molar-refractivity contribution in [1.29, 1.82) is 0 Å². The molecule has 0 saturated heterocycles. The van der Waals surface area contributed by atoms with E-state index in [9.17, 15) is 9.90 Å². The maximum atomic E-state index is 10.5. The average molecular weight is 228 g/mol. The average Bonchev–Trinajstić information content (AvgIpc) is 2.40. The van der Waals surface area contributed by atoms with Crippen LogP contribution in [0.1, 0.15) is 22.2 Å². The molecule has 0 radical (unpaired) electrons. The second-order valence-corrected chi connectivity index (χ2v) is 3.57. The number of benzene rings is 2. The molecule has 3 nitrogen and oxygen atoms in total. The quantitative estimate of drug-likeness (QED) is 0.646. The number of aliphatic hydroxyl groups excluding tert-OH is 1. The van der Waals surface area contributed by atoms with Crippen LogP contribution in [-0.4, -0.2) is 11.4 Å². The van der Waals surface area contributed by atoms with Gasteiger partial charge in [-0.25, -0.2) is 0 Å². The molecule has 0 aliphatic carbocycles. The maximum Gasteiger partial charge on any atom is 0.224 e. The fourth-order valence-corrected chi connectivity index (χ4v) is 1.44. The predicted octanol–water partition coefficient (Wildman–Crippen LogP) is 2.57. The summed E-state index contributed by atoms with van der Waals surface area (Å²) in [6, 6.07) is 15.7. The number of aldehydes is 1. The molecule has 0 aromatic heterocycles. The van der Waals surface area contributed by atoms with E-state index in [4.69, 9.17) is 4.74 Å². The summed E-state index contributed by atoms with van der Waals surface area (Å²) in [6.45, 7) is 0. The molecule has 0 spiro atoms. The molecule has 0 amide bonds. The number of carbonyl (C=O) groups excluding carboxylic acids is 1. The highest BCUT2D eigenvalue weighted by Crippen LogP contribution is 2.19. The van der Waals surface area contributed by atoms with E-state index >= 15 is 0 Å². The second-order valence-electron chi connectivity index (χ2n) is 3.57. The van der Waals surface area contributed by atoms with E-state index in [2.05, 4.69) is 0 Å². The zero-order valence-corrected chi connectivity index (χ0v) is 9.11. The minimum Gasteiger partial charge on any atom is -0.461 e. The van der Waals surface area contributed by atoms with Crippen LogP contribution >= 0.6 is 0 Å². The molecule has 0 aliphatic rings. The summed E-state index contributed by atoms with van der Waals surface area (Å²) in [6.07, 6.45) is -0.240. The molecule has 86 valence electrons. The normalized spacial score (nSPS) is 11.8. The van der Waals surface area contributed by atoms with E-state index in [0.717, 1.165) is 6.29 Å². The second kappa shape index (κ2) is 5.27. The van der Waals surface area contributed by atoms with Crippen LogP contribution in [0.15, 0.2) is 54.6 Å². The molecule has 0 heterocycles. The van der Waals surface area contributed by atoms with E-state index in [1.165, 1.54) is 0 Å². The number of rotatable bonds is 4. The minimum absolute atomic E-state index is 0.520. The Balaban J connectivity index is 2.07. The first-order valence-corrected chi connectivity index (χ1v) is 5.24. The minimum atomic E-state index is -1.00. The van der Waals surface area contributed by atoms with Gasteiger partial charge in [-0.3, -0.25) is 4.79 Å². The zero-order chi connectivity index (χ0) is 12.1. The van der Waals surface area contributed by atoms with Crippen molar-refractivity contribution in [2.24, 2.45) is 0 Å². The Morgan fingerprint density at radius 3 is 2.24 bits per heavy atom. The van der Waals surface area contributed by atoms with Gasteiger partial charge in [0, 0.05) is 11.1 Å². The van der Waals surface area contributed by atoms with Crippen LogP contribution in [0.25, 0.3) is 0 Å². The Labute approximate surface area is 99.3 Å². The molecule has 2 aromatic rings. The van der Waals surface area contributed by atoms with Gasteiger partial charge in [0.1, 0.15) is 12.0 Å². The standard InChI is InChI=1S/C14H12O3/c15-10-11-6-8-13(9-7-11)17-14(16)12-4-2-1-3-5-12/h1-10,14,16H. The Morgan fingerprint density at radius 1 is 1.00 bits per heavy atom. The lowest BCUT2D eigenvalue weighted by atomic mass is 10.2. The highest BCUT2D eigenvalue weighted by molar-refractivity contribution is 5.74. The topological polar surface area (TPSA) is 46.5 Å². The van der Waals surface area contributed by atoms with E-state index in [-0.39, 0.29) is 0 Å². The third-order valence-electron chi connectivity index (χ3n) is 2.35. The third kappa shape index (κ3) is 2.92. The van der Waals surface area contributed by atoms with Gasteiger partial charge in [0.2, 0.25) is 6.29 Å². The molecule has 0 saturated carbocycles. The molecule has 2 rings (SSSR count). The molecular formula is C14H12O3. The maximum absolute atomic E-state index is 10.5. The molecule has 1 unspecified atom stereocenters. The molecule has 0 fully saturated rings. The molecule has 17 heavy (non-hydrogen) atoms. The number of carbonyl (C=O) groups is 1. The van der Waals surface area contributed by atoms with Crippen LogP contribution in [0.4, 0.5) is 0 Å². The number of hydrogen-bond donors (Lipinski definition) is 1. The van der Waals surface area contributed by atoms with Crippen molar-refractivity contribution in [2.45, 2.75) is 6.29 Å². The van der Waals surface area contributed by atoms with Crippen molar-refractivity contribution in [1.82, 2.24) is 0 Å². The van der Waals surface area contributed by atoms with E-state index < -0.39 is 6.29 Å². The van der Waals surface area contributed by atoms with Gasteiger partial charge in [0.05, 0.1) is 0 Å². The first-order chi connectivity index (χ1) is 8.29. The van der Waals surface area contributed by atoms with Crippen LogP contribution in [-0.2, 0) is 0 Å². The molecule has 1 atom stereocenters. The Hall–Kier alpha value is -2.13. The summed E-state index contributed by atoms with van der Waals surface area (Å²) in [5.74, 6) is 0.520.